The lowest BCUT2D eigenvalue weighted by Gasteiger charge is -2.25. The summed E-state index contributed by atoms with van der Waals surface area (Å²) >= 11 is 11.8. The van der Waals surface area contributed by atoms with E-state index < -0.39 is 5.82 Å². The zero-order valence-electron chi connectivity index (χ0n) is 10.2. The molecule has 1 atom stereocenters. The molecule has 0 aromatic heterocycles. The lowest BCUT2D eigenvalue weighted by molar-refractivity contribution is 0.263. The summed E-state index contributed by atoms with van der Waals surface area (Å²) in [6, 6.07) is 2.91. The first-order chi connectivity index (χ1) is 7.97. The van der Waals surface area contributed by atoms with Crippen molar-refractivity contribution in [3.05, 3.63) is 33.6 Å². The molecule has 17 heavy (non-hydrogen) atoms. The summed E-state index contributed by atoms with van der Waals surface area (Å²) in [5, 5.41) is 3.63. The van der Waals surface area contributed by atoms with E-state index in [1.165, 1.54) is 12.1 Å². The van der Waals surface area contributed by atoms with E-state index in [4.69, 9.17) is 23.2 Å². The van der Waals surface area contributed by atoms with E-state index in [0.717, 1.165) is 18.7 Å². The Labute approximate surface area is 112 Å². The SMILES string of the molecule is CNCCN(C)C(C)c1cc(F)c(Cl)cc1Cl. The molecule has 96 valence electrons. The van der Waals surface area contributed by atoms with Crippen LogP contribution in [0.25, 0.3) is 0 Å². The normalized spacial score (nSPS) is 13.1. The zero-order chi connectivity index (χ0) is 13.0. The van der Waals surface area contributed by atoms with Gasteiger partial charge >= 0.3 is 0 Å². The monoisotopic (exact) mass is 278 g/mol. The van der Waals surface area contributed by atoms with Crippen molar-refractivity contribution in [1.82, 2.24) is 10.2 Å². The number of nitrogens with one attached hydrogen (secondary N) is 1. The second-order valence-electron chi connectivity index (χ2n) is 4.05. The fraction of sp³-hybridized carbons (Fsp3) is 0.500. The van der Waals surface area contributed by atoms with E-state index in [1.807, 2.05) is 21.0 Å². The van der Waals surface area contributed by atoms with Crippen molar-refractivity contribution in [2.24, 2.45) is 0 Å². The summed E-state index contributed by atoms with van der Waals surface area (Å²) in [6.07, 6.45) is 0. The van der Waals surface area contributed by atoms with Crippen LogP contribution in [-0.2, 0) is 0 Å². The highest BCUT2D eigenvalue weighted by atomic mass is 35.5. The van der Waals surface area contributed by atoms with Crippen LogP contribution in [0.15, 0.2) is 12.1 Å². The molecule has 0 fully saturated rings. The fourth-order valence-corrected chi connectivity index (χ4v) is 2.12. The maximum absolute atomic E-state index is 13.4. The topological polar surface area (TPSA) is 15.3 Å². The summed E-state index contributed by atoms with van der Waals surface area (Å²) < 4.78 is 13.4. The molecule has 0 aliphatic rings. The third-order valence-corrected chi connectivity index (χ3v) is 3.48. The number of hydrogen-bond donors (Lipinski definition) is 1. The minimum absolute atomic E-state index is 0.0441. The van der Waals surface area contributed by atoms with Crippen LogP contribution in [0.1, 0.15) is 18.5 Å². The van der Waals surface area contributed by atoms with E-state index >= 15 is 0 Å². The fourth-order valence-electron chi connectivity index (χ4n) is 1.58. The van der Waals surface area contributed by atoms with Gasteiger partial charge in [0.1, 0.15) is 5.82 Å². The van der Waals surface area contributed by atoms with Gasteiger partial charge in [-0.15, -0.1) is 0 Å². The lowest BCUT2D eigenvalue weighted by atomic mass is 10.1. The number of benzene rings is 1. The number of rotatable bonds is 5. The van der Waals surface area contributed by atoms with E-state index in [0.29, 0.717) is 5.02 Å². The van der Waals surface area contributed by atoms with Crippen molar-refractivity contribution in [2.75, 3.05) is 27.2 Å². The Balaban J connectivity index is 2.88. The average molecular weight is 279 g/mol. The van der Waals surface area contributed by atoms with Gasteiger partial charge < -0.3 is 5.32 Å². The van der Waals surface area contributed by atoms with Crippen molar-refractivity contribution in [1.29, 1.82) is 0 Å². The lowest BCUT2D eigenvalue weighted by Crippen LogP contribution is -2.29. The van der Waals surface area contributed by atoms with Gasteiger partial charge in [-0.05, 0) is 38.7 Å². The van der Waals surface area contributed by atoms with Crippen molar-refractivity contribution in [2.45, 2.75) is 13.0 Å². The van der Waals surface area contributed by atoms with Gasteiger partial charge in [0.25, 0.3) is 0 Å². The van der Waals surface area contributed by atoms with Crippen LogP contribution in [0.2, 0.25) is 10.0 Å². The average Bonchev–Trinajstić information content (AvgIpc) is 2.29. The predicted molar refractivity (Wildman–Crippen MR) is 71.4 cm³/mol. The second-order valence-corrected chi connectivity index (χ2v) is 4.86. The van der Waals surface area contributed by atoms with Crippen molar-refractivity contribution in [3.8, 4) is 0 Å². The molecule has 0 heterocycles. The molecule has 0 bridgehead atoms. The van der Waals surface area contributed by atoms with Gasteiger partial charge in [-0.1, -0.05) is 23.2 Å². The minimum atomic E-state index is -0.431. The maximum atomic E-state index is 13.4. The highest BCUT2D eigenvalue weighted by Crippen LogP contribution is 2.30. The van der Waals surface area contributed by atoms with Crippen LogP contribution in [0, 0.1) is 5.82 Å². The van der Waals surface area contributed by atoms with Gasteiger partial charge in [-0.3, -0.25) is 4.90 Å². The van der Waals surface area contributed by atoms with E-state index in [1.54, 1.807) is 0 Å². The van der Waals surface area contributed by atoms with Crippen molar-refractivity contribution >= 4 is 23.2 Å². The summed E-state index contributed by atoms with van der Waals surface area (Å²) in [5.74, 6) is -0.431. The smallest absolute Gasteiger partial charge is 0.142 e. The molecule has 0 saturated heterocycles. The van der Waals surface area contributed by atoms with Gasteiger partial charge in [0.2, 0.25) is 0 Å². The van der Waals surface area contributed by atoms with Crippen LogP contribution >= 0.6 is 23.2 Å². The van der Waals surface area contributed by atoms with Gasteiger partial charge in [0.15, 0.2) is 0 Å². The first-order valence-corrected chi connectivity index (χ1v) is 6.22. The molecule has 0 aliphatic heterocycles. The predicted octanol–water partition coefficient (Wildman–Crippen LogP) is 3.34. The molecule has 0 amide bonds. The molecule has 1 N–H and O–H groups in total. The summed E-state index contributed by atoms with van der Waals surface area (Å²) in [6.45, 7) is 3.72. The number of likely N-dealkylation sites (N-methyl/N-ethyl adjacent to an activating group) is 2. The Hall–Kier alpha value is -0.350. The summed E-state index contributed by atoms with van der Waals surface area (Å²) in [7, 11) is 3.87. The Kier molecular flexibility index (Phi) is 5.67. The Morgan fingerprint density at radius 1 is 1.35 bits per heavy atom. The molecule has 5 heteroatoms. The molecule has 0 radical (unpaired) electrons. The molecule has 1 unspecified atom stereocenters. The standard InChI is InChI=1S/C12H17Cl2FN2/c1-8(17(3)5-4-16-2)9-6-12(15)11(14)7-10(9)13/h6-8,16H,4-5H2,1-3H3. The quantitative estimate of drug-likeness (QED) is 0.831. The largest absolute Gasteiger partial charge is 0.318 e. The van der Waals surface area contributed by atoms with Gasteiger partial charge in [0, 0.05) is 24.2 Å². The second kappa shape index (κ2) is 6.55. The first kappa shape index (κ1) is 14.7. The van der Waals surface area contributed by atoms with Crippen molar-refractivity contribution < 1.29 is 4.39 Å². The Bertz CT molecular complexity index is 385. The zero-order valence-corrected chi connectivity index (χ0v) is 11.7. The highest BCUT2D eigenvalue weighted by molar-refractivity contribution is 6.35. The van der Waals surface area contributed by atoms with Gasteiger partial charge in [0.05, 0.1) is 5.02 Å². The minimum Gasteiger partial charge on any atom is -0.318 e. The summed E-state index contributed by atoms with van der Waals surface area (Å²) in [5.41, 5.74) is 0.757. The highest BCUT2D eigenvalue weighted by Gasteiger charge is 2.16. The Morgan fingerprint density at radius 2 is 2.00 bits per heavy atom. The molecular formula is C12H17Cl2FN2. The molecule has 1 aromatic carbocycles. The molecule has 1 rings (SSSR count). The van der Waals surface area contributed by atoms with Crippen molar-refractivity contribution in [3.63, 3.8) is 0 Å². The molecule has 1 aromatic rings. The van der Waals surface area contributed by atoms with Crippen LogP contribution in [0.5, 0.6) is 0 Å². The van der Waals surface area contributed by atoms with Gasteiger partial charge in [-0.25, -0.2) is 4.39 Å². The van der Waals surface area contributed by atoms with Crippen LogP contribution in [0.4, 0.5) is 4.39 Å². The first-order valence-electron chi connectivity index (χ1n) is 5.46. The maximum Gasteiger partial charge on any atom is 0.142 e. The number of hydrogen-bond acceptors (Lipinski definition) is 2. The van der Waals surface area contributed by atoms with E-state index in [9.17, 15) is 4.39 Å². The molecule has 0 aliphatic carbocycles. The molecule has 0 spiro atoms. The third-order valence-electron chi connectivity index (χ3n) is 2.87. The van der Waals surface area contributed by atoms with Gasteiger partial charge in [-0.2, -0.15) is 0 Å². The molecule has 2 nitrogen and oxygen atoms in total. The molecule has 0 saturated carbocycles. The Morgan fingerprint density at radius 3 is 2.59 bits per heavy atom. The summed E-state index contributed by atoms with van der Waals surface area (Å²) in [4.78, 5) is 2.10. The number of nitrogens with zero attached hydrogens (tertiary/aromatic N) is 1. The molecular weight excluding hydrogens is 262 g/mol. The van der Waals surface area contributed by atoms with Crippen LogP contribution in [-0.4, -0.2) is 32.1 Å². The third kappa shape index (κ3) is 3.81. The van der Waals surface area contributed by atoms with E-state index in [2.05, 4.69) is 10.2 Å². The van der Waals surface area contributed by atoms with E-state index in [-0.39, 0.29) is 11.1 Å². The van der Waals surface area contributed by atoms with Crippen LogP contribution < -0.4 is 5.32 Å². The van der Waals surface area contributed by atoms with Crippen LogP contribution in [0.3, 0.4) is 0 Å². The number of halogens is 3.